The Balaban J connectivity index is 0.000000452. The molecule has 1 radical (unpaired) electrons. The number of anilines is 3. The summed E-state index contributed by atoms with van der Waals surface area (Å²) in [6, 6.07) is 38.9. The van der Waals surface area contributed by atoms with E-state index in [-0.39, 0.29) is 29.8 Å². The third-order valence-electron chi connectivity index (χ3n) is 7.00. The Labute approximate surface area is 267 Å². The maximum atomic E-state index is 2.32. The molecule has 0 saturated carbocycles. The Morgan fingerprint density at radius 1 is 0.683 bits per heavy atom. The maximum absolute atomic E-state index is 2.32. The van der Waals surface area contributed by atoms with E-state index in [2.05, 4.69) is 168 Å². The van der Waals surface area contributed by atoms with E-state index in [0.29, 0.717) is 11.3 Å². The summed E-state index contributed by atoms with van der Waals surface area (Å²) in [4.78, 5) is 2.29. The van der Waals surface area contributed by atoms with E-state index in [0.717, 1.165) is 12.8 Å². The van der Waals surface area contributed by atoms with Gasteiger partial charge in [-0.3, -0.25) is 0 Å². The average molecular weight is 714 g/mol. The fraction of sp³-hybridized carbons (Fsp3) is 0.308. The minimum Gasteiger partial charge on any atom is -0.358 e. The Bertz CT molecular complexity index is 1150. The molecule has 4 rings (SSSR count). The zero-order valence-corrected chi connectivity index (χ0v) is 29.6. The minimum absolute atomic E-state index is 0. The molecule has 2 heteroatoms. The monoisotopic (exact) mass is 713 g/mol. The van der Waals surface area contributed by atoms with Crippen LogP contribution in [0.2, 0.25) is 0 Å². The van der Waals surface area contributed by atoms with Crippen molar-refractivity contribution in [2.45, 2.75) is 73.1 Å². The fourth-order valence-corrected chi connectivity index (χ4v) is 4.63. The number of para-hydroxylation sites is 2. The van der Waals surface area contributed by atoms with Crippen molar-refractivity contribution in [1.82, 2.24) is 0 Å². The molecule has 1 atom stereocenters. The molecule has 0 aliphatic carbocycles. The van der Waals surface area contributed by atoms with E-state index in [4.69, 9.17) is 0 Å². The van der Waals surface area contributed by atoms with Crippen LogP contribution >= 0.6 is 0 Å². The van der Waals surface area contributed by atoms with Gasteiger partial charge in [-0.15, -0.1) is 0 Å². The zero-order chi connectivity index (χ0) is 28.1. The van der Waals surface area contributed by atoms with Gasteiger partial charge in [0, 0.05) is 39.4 Å². The van der Waals surface area contributed by atoms with Gasteiger partial charge in [-0.25, -0.2) is 0 Å². The van der Waals surface area contributed by atoms with Gasteiger partial charge >= 0.3 is 0 Å². The molecule has 0 fully saturated rings. The van der Waals surface area contributed by atoms with Crippen molar-refractivity contribution in [3.63, 3.8) is 0 Å². The van der Waals surface area contributed by atoms with E-state index in [1.54, 1.807) is 0 Å². The first kappa shape index (κ1) is 36.3. The van der Waals surface area contributed by atoms with E-state index >= 15 is 0 Å². The van der Waals surface area contributed by atoms with Gasteiger partial charge in [0.2, 0.25) is 0 Å². The van der Waals surface area contributed by atoms with Crippen molar-refractivity contribution in [2.75, 3.05) is 4.90 Å². The summed E-state index contributed by atoms with van der Waals surface area (Å²) in [5.74, 6) is 0.714. The fourth-order valence-electron chi connectivity index (χ4n) is 4.63. The number of benzene rings is 4. The van der Waals surface area contributed by atoms with Gasteiger partial charge in [-0.2, -0.15) is 37.5 Å². The molecule has 219 valence electrons. The summed E-state index contributed by atoms with van der Waals surface area (Å²) >= 11 is 0. The summed E-state index contributed by atoms with van der Waals surface area (Å²) in [7, 11) is 0. The Morgan fingerprint density at radius 3 is 1.59 bits per heavy atom. The van der Waals surface area contributed by atoms with E-state index in [1.165, 1.54) is 46.6 Å². The number of nitrogens with zero attached hydrogens (tertiary/aromatic N) is 1. The molecule has 4 aromatic carbocycles. The quantitative estimate of drug-likeness (QED) is 0.148. The van der Waals surface area contributed by atoms with Crippen LogP contribution in [0.4, 0.5) is 17.1 Å². The van der Waals surface area contributed by atoms with Gasteiger partial charge in [0.15, 0.2) is 0 Å². The number of aryl methyl sites for hydroxylation is 1. The Morgan fingerprint density at radius 2 is 1.17 bits per heavy atom. The first-order valence-electron chi connectivity index (χ1n) is 14.5. The third-order valence-corrected chi connectivity index (χ3v) is 7.00. The van der Waals surface area contributed by atoms with Gasteiger partial charge in [0.1, 0.15) is 0 Å². The molecule has 0 aliphatic heterocycles. The summed E-state index contributed by atoms with van der Waals surface area (Å²) in [5.41, 5.74) is 8.02. The smallest absolute Gasteiger partial charge is 0.0460 e. The standard InChI is InChI=1S/C24H26N.C14H21.CH3.Ta/c1-24(2,3)19-18-20-14-16-23(17-15-20)25(21-10-6-4-7-11-21)22-12-8-5-9-13-22;1-4-7-13(6-3)14-10-8-12(5-2)9-11-14;;/h4-18H,19H2,1-3H3;4,8-11,13H,5-7H2,1-3H3;1H3;/q3*-1;. The molecule has 0 spiro atoms. The topological polar surface area (TPSA) is 3.24 Å². The largest absolute Gasteiger partial charge is 0.358 e. The summed E-state index contributed by atoms with van der Waals surface area (Å²) < 4.78 is 0. The molecule has 4 aromatic rings. The van der Waals surface area contributed by atoms with Crippen molar-refractivity contribution in [3.8, 4) is 0 Å². The normalized spacial score (nSPS) is 11.2. The predicted molar refractivity (Wildman–Crippen MR) is 178 cm³/mol. The molecule has 1 nitrogen and oxygen atoms in total. The third kappa shape index (κ3) is 12.0. The Kier molecular flexibility index (Phi) is 16.5. The molecular weight excluding hydrogens is 663 g/mol. The molecule has 0 aromatic heterocycles. The zero-order valence-electron chi connectivity index (χ0n) is 26.3. The number of hydrogen-bond acceptors (Lipinski definition) is 1. The molecular formula is C39H50NTa-3. The first-order valence-corrected chi connectivity index (χ1v) is 14.5. The molecule has 0 N–H and O–H groups in total. The average Bonchev–Trinajstić information content (AvgIpc) is 2.97. The van der Waals surface area contributed by atoms with Crippen LogP contribution in [0.5, 0.6) is 0 Å². The second-order valence-corrected chi connectivity index (χ2v) is 11.4. The summed E-state index contributed by atoms with van der Waals surface area (Å²) in [6.07, 6.45) is 9.23. The van der Waals surface area contributed by atoms with Crippen molar-refractivity contribution >= 4 is 17.1 Å². The van der Waals surface area contributed by atoms with Crippen molar-refractivity contribution in [1.29, 1.82) is 0 Å². The van der Waals surface area contributed by atoms with Crippen LogP contribution in [-0.4, -0.2) is 0 Å². The van der Waals surface area contributed by atoms with Gasteiger partial charge in [-0.05, 0) is 53.1 Å². The van der Waals surface area contributed by atoms with Crippen LogP contribution in [0.15, 0.2) is 109 Å². The van der Waals surface area contributed by atoms with Crippen LogP contribution in [0.3, 0.4) is 0 Å². The molecule has 0 amide bonds. The van der Waals surface area contributed by atoms with Crippen molar-refractivity contribution in [3.05, 3.63) is 146 Å². The van der Waals surface area contributed by atoms with Crippen LogP contribution < -0.4 is 4.90 Å². The molecule has 41 heavy (non-hydrogen) atoms. The van der Waals surface area contributed by atoms with E-state index in [9.17, 15) is 0 Å². The molecule has 1 unspecified atom stereocenters. The summed E-state index contributed by atoms with van der Waals surface area (Å²) in [6.45, 7) is 13.4. The SMILES string of the molecule is CC(C)(C)C[CH-]c1ccc(N(c2ccccc2)c2ccccc2)cc1.C[CH-]CC(CC)c1ccc(CC)cc1.[CH3-].[Ta]. The maximum Gasteiger partial charge on any atom is 0.0460 e. The van der Waals surface area contributed by atoms with Crippen LogP contribution in [0.25, 0.3) is 0 Å². The van der Waals surface area contributed by atoms with Crippen LogP contribution in [0, 0.1) is 25.7 Å². The van der Waals surface area contributed by atoms with Gasteiger partial charge in [0.05, 0.1) is 0 Å². The molecule has 0 heterocycles. The van der Waals surface area contributed by atoms with Crippen molar-refractivity contribution in [2.24, 2.45) is 5.41 Å². The summed E-state index contributed by atoms with van der Waals surface area (Å²) in [5, 5.41) is 0. The van der Waals surface area contributed by atoms with E-state index < -0.39 is 0 Å². The number of hydrogen-bond donors (Lipinski definition) is 0. The van der Waals surface area contributed by atoms with Crippen LogP contribution in [0.1, 0.15) is 83.4 Å². The molecule has 0 bridgehead atoms. The second kappa shape index (κ2) is 18.7. The first-order chi connectivity index (χ1) is 18.8. The Hall–Kier alpha value is -2.71. The number of rotatable bonds is 10. The second-order valence-electron chi connectivity index (χ2n) is 11.4. The minimum atomic E-state index is 0. The van der Waals surface area contributed by atoms with Gasteiger partial charge < -0.3 is 18.7 Å². The predicted octanol–water partition coefficient (Wildman–Crippen LogP) is 11.9. The van der Waals surface area contributed by atoms with E-state index in [1.807, 2.05) is 0 Å². The van der Waals surface area contributed by atoms with Crippen LogP contribution in [-0.2, 0) is 28.8 Å². The van der Waals surface area contributed by atoms with Gasteiger partial charge in [-0.1, -0.05) is 120 Å². The van der Waals surface area contributed by atoms with Gasteiger partial charge in [0.25, 0.3) is 0 Å². The molecule has 0 saturated heterocycles. The van der Waals surface area contributed by atoms with Crippen molar-refractivity contribution < 1.29 is 22.4 Å². The molecule has 0 aliphatic rings.